The molecule has 1 fully saturated rings. The number of thiocarbonyl (C=S) groups is 1. The first kappa shape index (κ1) is 16.5. The van der Waals surface area contributed by atoms with Crippen molar-refractivity contribution in [2.75, 3.05) is 18.4 Å². The fourth-order valence-electron chi connectivity index (χ4n) is 4.59. The number of benzene rings is 2. The molecule has 2 atom stereocenters. The van der Waals surface area contributed by atoms with E-state index in [1.54, 1.807) is 6.07 Å². The lowest BCUT2D eigenvalue weighted by molar-refractivity contribution is 0.180. The van der Waals surface area contributed by atoms with Gasteiger partial charge in [0.1, 0.15) is 0 Å². The number of nitrogens with zero attached hydrogens (tertiary/aromatic N) is 2. The van der Waals surface area contributed by atoms with Gasteiger partial charge in [0.25, 0.3) is 5.56 Å². The molecule has 27 heavy (non-hydrogen) atoms. The SMILES string of the molecule is O=c1cccc2n1C[C@H]1C[C@@H]2CN(C(=S)Nc2cccc3ccccc23)C1. The van der Waals surface area contributed by atoms with E-state index in [-0.39, 0.29) is 5.56 Å². The highest BCUT2D eigenvalue weighted by atomic mass is 32.1. The first-order chi connectivity index (χ1) is 13.2. The van der Waals surface area contributed by atoms with Crippen molar-refractivity contribution in [1.29, 1.82) is 0 Å². The number of piperidine rings is 1. The van der Waals surface area contributed by atoms with Gasteiger partial charge in [0.2, 0.25) is 0 Å². The Morgan fingerprint density at radius 3 is 2.70 bits per heavy atom. The number of hydrogen-bond donors (Lipinski definition) is 1. The van der Waals surface area contributed by atoms with Crippen LogP contribution in [0.5, 0.6) is 0 Å². The molecule has 3 aromatic rings. The zero-order valence-electron chi connectivity index (χ0n) is 15.0. The summed E-state index contributed by atoms with van der Waals surface area (Å²) >= 11 is 5.77. The molecule has 1 aromatic heterocycles. The predicted octanol–water partition coefficient (Wildman–Crippen LogP) is 3.82. The van der Waals surface area contributed by atoms with Crippen LogP contribution in [-0.4, -0.2) is 27.7 Å². The Hall–Kier alpha value is -2.66. The molecule has 5 rings (SSSR count). The van der Waals surface area contributed by atoms with Crippen molar-refractivity contribution in [3.05, 3.63) is 76.7 Å². The first-order valence-electron chi connectivity index (χ1n) is 9.42. The Labute approximate surface area is 163 Å². The van der Waals surface area contributed by atoms with Crippen LogP contribution in [0.25, 0.3) is 10.8 Å². The number of likely N-dealkylation sites (tertiary alicyclic amines) is 1. The van der Waals surface area contributed by atoms with Crippen LogP contribution in [-0.2, 0) is 6.54 Å². The molecule has 2 aromatic carbocycles. The van der Waals surface area contributed by atoms with E-state index in [1.807, 2.05) is 10.6 Å². The van der Waals surface area contributed by atoms with Crippen LogP contribution in [0.4, 0.5) is 5.69 Å². The summed E-state index contributed by atoms with van der Waals surface area (Å²) in [6, 6.07) is 20.2. The van der Waals surface area contributed by atoms with Crippen molar-refractivity contribution in [1.82, 2.24) is 9.47 Å². The van der Waals surface area contributed by atoms with Gasteiger partial charge in [-0.15, -0.1) is 0 Å². The molecular weight excluding hydrogens is 354 g/mol. The van der Waals surface area contributed by atoms with Gasteiger partial charge in [0, 0.05) is 48.4 Å². The third kappa shape index (κ3) is 2.92. The Balaban J connectivity index is 1.40. The number of fused-ring (bicyclic) bond motifs is 5. The Morgan fingerprint density at radius 1 is 0.963 bits per heavy atom. The zero-order valence-corrected chi connectivity index (χ0v) is 15.8. The molecule has 0 amide bonds. The number of rotatable bonds is 1. The number of hydrogen-bond acceptors (Lipinski definition) is 2. The van der Waals surface area contributed by atoms with E-state index >= 15 is 0 Å². The summed E-state index contributed by atoms with van der Waals surface area (Å²) in [6.45, 7) is 2.54. The van der Waals surface area contributed by atoms with Gasteiger partial charge in [0.05, 0.1) is 0 Å². The summed E-state index contributed by atoms with van der Waals surface area (Å²) in [7, 11) is 0. The van der Waals surface area contributed by atoms with Crippen LogP contribution in [0, 0.1) is 5.92 Å². The number of nitrogens with one attached hydrogen (secondary N) is 1. The first-order valence-corrected chi connectivity index (χ1v) is 9.83. The van der Waals surface area contributed by atoms with Gasteiger partial charge >= 0.3 is 0 Å². The molecule has 0 aliphatic carbocycles. The summed E-state index contributed by atoms with van der Waals surface area (Å²) in [5.74, 6) is 0.822. The van der Waals surface area contributed by atoms with Gasteiger partial charge in [0.15, 0.2) is 5.11 Å². The van der Waals surface area contributed by atoms with Crippen molar-refractivity contribution < 1.29 is 0 Å². The van der Waals surface area contributed by atoms with Crippen molar-refractivity contribution >= 4 is 33.8 Å². The second-order valence-corrected chi connectivity index (χ2v) is 7.95. The van der Waals surface area contributed by atoms with Gasteiger partial charge < -0.3 is 14.8 Å². The fraction of sp³-hybridized carbons (Fsp3) is 0.273. The van der Waals surface area contributed by atoms with Gasteiger partial charge in [-0.2, -0.15) is 0 Å². The lowest BCUT2D eigenvalue weighted by Crippen LogP contribution is -2.50. The van der Waals surface area contributed by atoms with E-state index in [4.69, 9.17) is 12.2 Å². The van der Waals surface area contributed by atoms with Crippen LogP contribution in [0.15, 0.2) is 65.5 Å². The molecule has 4 nitrogen and oxygen atoms in total. The average Bonchev–Trinajstić information content (AvgIpc) is 2.69. The van der Waals surface area contributed by atoms with E-state index in [1.165, 1.54) is 10.8 Å². The fourth-order valence-corrected chi connectivity index (χ4v) is 4.85. The van der Waals surface area contributed by atoms with Crippen molar-refractivity contribution in [2.45, 2.75) is 18.9 Å². The normalized spacial score (nSPS) is 21.0. The maximum absolute atomic E-state index is 12.2. The lowest BCUT2D eigenvalue weighted by Gasteiger charge is -2.43. The zero-order chi connectivity index (χ0) is 18.4. The minimum atomic E-state index is 0.118. The van der Waals surface area contributed by atoms with Gasteiger partial charge in [-0.25, -0.2) is 0 Å². The maximum atomic E-state index is 12.2. The molecule has 2 bridgehead atoms. The van der Waals surface area contributed by atoms with Gasteiger partial charge in [-0.1, -0.05) is 42.5 Å². The molecule has 0 spiro atoms. The molecule has 1 N–H and O–H groups in total. The number of aromatic nitrogens is 1. The monoisotopic (exact) mass is 375 g/mol. The predicted molar refractivity (Wildman–Crippen MR) is 113 cm³/mol. The van der Waals surface area contributed by atoms with Gasteiger partial charge in [-0.3, -0.25) is 4.79 Å². The van der Waals surface area contributed by atoms with Crippen LogP contribution in [0.2, 0.25) is 0 Å². The largest absolute Gasteiger partial charge is 0.348 e. The van der Waals surface area contributed by atoms with Crippen molar-refractivity contribution in [3.63, 3.8) is 0 Å². The Kier molecular flexibility index (Phi) is 3.97. The molecule has 0 unspecified atom stereocenters. The summed E-state index contributed by atoms with van der Waals surface area (Å²) < 4.78 is 1.96. The molecule has 136 valence electrons. The molecule has 3 heterocycles. The molecule has 2 aliphatic rings. The van der Waals surface area contributed by atoms with Crippen LogP contribution in [0.3, 0.4) is 0 Å². The molecular formula is C22H21N3OS. The number of pyridine rings is 1. The quantitative estimate of drug-likeness (QED) is 0.656. The standard InChI is InChI=1S/C22H21N3OS/c26-21-10-4-9-20-17-11-15(13-25(20)21)12-24(14-17)22(27)23-19-8-3-6-16-5-1-2-7-18(16)19/h1-10,15,17H,11-14H2,(H,23,27)/t15-,17+/m0/s1. The highest BCUT2D eigenvalue weighted by Crippen LogP contribution is 2.35. The highest BCUT2D eigenvalue weighted by molar-refractivity contribution is 7.80. The minimum Gasteiger partial charge on any atom is -0.348 e. The molecule has 2 aliphatic heterocycles. The van der Waals surface area contributed by atoms with Crippen LogP contribution < -0.4 is 10.9 Å². The second kappa shape index (κ2) is 6.50. The summed E-state index contributed by atoms with van der Waals surface area (Å²) in [5.41, 5.74) is 2.31. The highest BCUT2D eigenvalue weighted by Gasteiger charge is 2.35. The number of anilines is 1. The van der Waals surface area contributed by atoms with E-state index in [0.29, 0.717) is 11.8 Å². The Bertz CT molecular complexity index is 1080. The van der Waals surface area contributed by atoms with Crippen molar-refractivity contribution in [2.24, 2.45) is 5.92 Å². The molecule has 0 radical (unpaired) electrons. The third-order valence-corrected chi connectivity index (χ3v) is 6.16. The third-order valence-electron chi connectivity index (χ3n) is 5.80. The van der Waals surface area contributed by atoms with E-state index in [9.17, 15) is 4.79 Å². The summed E-state index contributed by atoms with van der Waals surface area (Å²) in [4.78, 5) is 14.5. The summed E-state index contributed by atoms with van der Waals surface area (Å²) in [5, 5.41) is 6.62. The lowest BCUT2D eigenvalue weighted by atomic mass is 9.83. The van der Waals surface area contributed by atoms with Crippen molar-refractivity contribution in [3.8, 4) is 0 Å². The van der Waals surface area contributed by atoms with E-state index in [2.05, 4.69) is 58.7 Å². The topological polar surface area (TPSA) is 37.3 Å². The Morgan fingerprint density at radius 2 is 1.78 bits per heavy atom. The second-order valence-electron chi connectivity index (χ2n) is 7.56. The smallest absolute Gasteiger partial charge is 0.250 e. The molecule has 1 saturated heterocycles. The molecule has 0 saturated carbocycles. The van der Waals surface area contributed by atoms with E-state index < -0.39 is 0 Å². The van der Waals surface area contributed by atoms with E-state index in [0.717, 1.165) is 42.5 Å². The average molecular weight is 375 g/mol. The van der Waals surface area contributed by atoms with Crippen LogP contribution >= 0.6 is 12.2 Å². The maximum Gasteiger partial charge on any atom is 0.250 e. The van der Waals surface area contributed by atoms with Crippen LogP contribution in [0.1, 0.15) is 18.0 Å². The minimum absolute atomic E-state index is 0.118. The summed E-state index contributed by atoms with van der Waals surface area (Å²) in [6.07, 6.45) is 1.14. The molecule has 5 heteroatoms. The van der Waals surface area contributed by atoms with Gasteiger partial charge in [-0.05, 0) is 42.1 Å².